The fraction of sp³-hybridized carbons (Fsp3) is 0.500. The molecule has 1 amide bonds. The lowest BCUT2D eigenvalue weighted by Crippen LogP contribution is -2.40. The van der Waals surface area contributed by atoms with E-state index in [1.165, 1.54) is 21.3 Å². The van der Waals surface area contributed by atoms with Crippen LogP contribution < -0.4 is 0 Å². The lowest BCUT2D eigenvalue weighted by atomic mass is 10.1. The predicted molar refractivity (Wildman–Crippen MR) is 89.7 cm³/mol. The Labute approximate surface area is 147 Å². The summed E-state index contributed by atoms with van der Waals surface area (Å²) in [5.41, 5.74) is 0.698. The molecule has 0 aromatic heterocycles. The van der Waals surface area contributed by atoms with Crippen LogP contribution in [0.1, 0.15) is 15.9 Å². The smallest absolute Gasteiger partial charge is 0.338 e. The van der Waals surface area contributed by atoms with Crippen molar-refractivity contribution >= 4 is 21.9 Å². The fourth-order valence-corrected chi connectivity index (χ4v) is 3.69. The van der Waals surface area contributed by atoms with Gasteiger partial charge in [0, 0.05) is 27.2 Å². The molecule has 25 heavy (non-hydrogen) atoms. The molecular weight excluding hydrogens is 348 g/mol. The molecule has 1 aromatic carbocycles. The number of likely N-dealkylation sites (N-methyl/N-ethyl adjacent to an activating group) is 1. The van der Waals surface area contributed by atoms with E-state index in [4.69, 9.17) is 9.47 Å². The zero-order valence-corrected chi connectivity index (χ0v) is 15.3. The van der Waals surface area contributed by atoms with E-state index >= 15 is 0 Å². The van der Waals surface area contributed by atoms with Gasteiger partial charge in [0.25, 0.3) is 5.91 Å². The largest absolute Gasteiger partial charge is 0.452 e. The SMILES string of the molecule is Cc1ccc(S(=O)(=O)N2CCOCC2)cc1C(=O)OCC(=O)N(C)C. The van der Waals surface area contributed by atoms with Crippen molar-refractivity contribution in [3.05, 3.63) is 29.3 Å². The number of aryl methyl sites for hydroxylation is 1. The normalized spacial score (nSPS) is 15.6. The minimum absolute atomic E-state index is 0.0193. The summed E-state index contributed by atoms with van der Waals surface area (Å²) in [6.45, 7) is 2.50. The molecule has 8 nitrogen and oxygen atoms in total. The number of sulfonamides is 1. The van der Waals surface area contributed by atoms with E-state index in [-0.39, 0.29) is 29.5 Å². The number of esters is 1. The summed E-state index contributed by atoms with van der Waals surface area (Å²) in [7, 11) is -0.604. The number of hydrogen-bond acceptors (Lipinski definition) is 6. The molecular formula is C16H22N2O6S. The first-order chi connectivity index (χ1) is 11.7. The van der Waals surface area contributed by atoms with Gasteiger partial charge in [-0.1, -0.05) is 6.07 Å². The van der Waals surface area contributed by atoms with Gasteiger partial charge in [0.1, 0.15) is 0 Å². The molecule has 0 aliphatic carbocycles. The van der Waals surface area contributed by atoms with Crippen molar-refractivity contribution in [1.82, 2.24) is 9.21 Å². The van der Waals surface area contributed by atoms with Crippen LogP contribution in [0, 0.1) is 6.92 Å². The van der Waals surface area contributed by atoms with E-state index in [9.17, 15) is 18.0 Å². The van der Waals surface area contributed by atoms with E-state index in [1.54, 1.807) is 27.1 Å². The molecule has 0 N–H and O–H groups in total. The fourth-order valence-electron chi connectivity index (χ4n) is 2.25. The zero-order valence-electron chi connectivity index (χ0n) is 14.5. The number of carbonyl (C=O) groups is 2. The molecule has 0 radical (unpaired) electrons. The maximum atomic E-state index is 12.7. The number of morpholine rings is 1. The van der Waals surface area contributed by atoms with Crippen molar-refractivity contribution in [1.29, 1.82) is 0 Å². The van der Waals surface area contributed by atoms with Crippen molar-refractivity contribution < 1.29 is 27.5 Å². The van der Waals surface area contributed by atoms with Gasteiger partial charge in [-0.05, 0) is 24.6 Å². The van der Waals surface area contributed by atoms with E-state index in [0.717, 1.165) is 0 Å². The summed E-state index contributed by atoms with van der Waals surface area (Å²) < 4.78 is 36.9. The van der Waals surface area contributed by atoms with Crippen molar-refractivity contribution in [3.63, 3.8) is 0 Å². The minimum atomic E-state index is -3.71. The lowest BCUT2D eigenvalue weighted by Gasteiger charge is -2.26. The van der Waals surface area contributed by atoms with E-state index in [0.29, 0.717) is 18.8 Å². The lowest BCUT2D eigenvalue weighted by molar-refractivity contribution is -0.131. The Hall–Kier alpha value is -1.97. The maximum absolute atomic E-state index is 12.7. The number of benzene rings is 1. The third kappa shape index (κ3) is 4.56. The maximum Gasteiger partial charge on any atom is 0.338 e. The first kappa shape index (κ1) is 19.4. The summed E-state index contributed by atoms with van der Waals surface area (Å²) >= 11 is 0. The average Bonchev–Trinajstić information content (AvgIpc) is 2.60. The molecule has 0 atom stereocenters. The monoisotopic (exact) mass is 370 g/mol. The van der Waals surface area contributed by atoms with Crippen LogP contribution in [0.3, 0.4) is 0 Å². The topological polar surface area (TPSA) is 93.2 Å². The summed E-state index contributed by atoms with van der Waals surface area (Å²) in [4.78, 5) is 25.1. The Bertz CT molecular complexity index is 754. The number of ether oxygens (including phenoxy) is 2. The second-order valence-corrected chi connectivity index (χ2v) is 7.80. The molecule has 0 bridgehead atoms. The van der Waals surface area contributed by atoms with Crippen LogP contribution in [-0.4, -0.2) is 76.5 Å². The molecule has 1 aliphatic heterocycles. The van der Waals surface area contributed by atoms with Gasteiger partial charge in [0.15, 0.2) is 6.61 Å². The number of carbonyl (C=O) groups excluding carboxylic acids is 2. The standard InChI is InChI=1S/C16H22N2O6S/c1-12-4-5-13(25(21,22)18-6-8-23-9-7-18)10-14(12)16(20)24-11-15(19)17(2)3/h4-5,10H,6-9,11H2,1-3H3. The van der Waals surface area contributed by atoms with Gasteiger partial charge in [0.2, 0.25) is 10.0 Å². The molecule has 0 unspecified atom stereocenters. The zero-order chi connectivity index (χ0) is 18.6. The Morgan fingerprint density at radius 1 is 1.24 bits per heavy atom. The third-order valence-electron chi connectivity index (χ3n) is 3.86. The second-order valence-electron chi connectivity index (χ2n) is 5.86. The third-order valence-corrected chi connectivity index (χ3v) is 5.76. The van der Waals surface area contributed by atoms with Crippen molar-refractivity contribution in [3.8, 4) is 0 Å². The summed E-state index contributed by atoms with van der Waals surface area (Å²) in [6.07, 6.45) is 0. The van der Waals surface area contributed by atoms with Crippen LogP contribution in [-0.2, 0) is 24.3 Å². The molecule has 1 fully saturated rings. The van der Waals surface area contributed by atoms with E-state index in [2.05, 4.69) is 0 Å². The average molecular weight is 370 g/mol. The highest BCUT2D eigenvalue weighted by atomic mass is 32.2. The van der Waals surface area contributed by atoms with E-state index < -0.39 is 22.6 Å². The van der Waals surface area contributed by atoms with Crippen LogP contribution in [0.5, 0.6) is 0 Å². The number of hydrogen-bond donors (Lipinski definition) is 0. The van der Waals surface area contributed by atoms with Crippen LogP contribution in [0.25, 0.3) is 0 Å². The van der Waals surface area contributed by atoms with Crippen LogP contribution in [0.15, 0.2) is 23.1 Å². The molecule has 2 rings (SSSR count). The van der Waals surface area contributed by atoms with Gasteiger partial charge < -0.3 is 14.4 Å². The number of rotatable bonds is 5. The quantitative estimate of drug-likeness (QED) is 0.691. The van der Waals surface area contributed by atoms with E-state index in [1.807, 2.05) is 0 Å². The summed E-state index contributed by atoms with van der Waals surface area (Å²) in [6, 6.07) is 4.31. The van der Waals surface area contributed by atoms with Gasteiger partial charge in [0.05, 0.1) is 23.7 Å². The molecule has 1 saturated heterocycles. The van der Waals surface area contributed by atoms with Crippen LogP contribution in [0.4, 0.5) is 0 Å². The van der Waals surface area contributed by atoms with Gasteiger partial charge in [-0.25, -0.2) is 13.2 Å². The summed E-state index contributed by atoms with van der Waals surface area (Å²) in [5, 5.41) is 0. The van der Waals surface area contributed by atoms with Gasteiger partial charge in [-0.3, -0.25) is 4.79 Å². The predicted octanol–water partition coefficient (Wildman–Crippen LogP) is 0.261. The minimum Gasteiger partial charge on any atom is -0.452 e. The molecule has 138 valence electrons. The highest BCUT2D eigenvalue weighted by molar-refractivity contribution is 7.89. The van der Waals surface area contributed by atoms with Crippen molar-refractivity contribution in [2.75, 3.05) is 47.0 Å². The highest BCUT2D eigenvalue weighted by Crippen LogP contribution is 2.21. The molecule has 0 spiro atoms. The van der Waals surface area contributed by atoms with Crippen molar-refractivity contribution in [2.45, 2.75) is 11.8 Å². The van der Waals surface area contributed by atoms with Crippen molar-refractivity contribution in [2.24, 2.45) is 0 Å². The Morgan fingerprint density at radius 2 is 1.88 bits per heavy atom. The molecule has 1 heterocycles. The first-order valence-corrected chi connectivity index (χ1v) is 9.23. The summed E-state index contributed by atoms with van der Waals surface area (Å²) in [5.74, 6) is -1.09. The van der Waals surface area contributed by atoms with Crippen LogP contribution in [0.2, 0.25) is 0 Å². The Morgan fingerprint density at radius 3 is 2.48 bits per heavy atom. The molecule has 1 aliphatic rings. The number of nitrogens with zero attached hydrogens (tertiary/aromatic N) is 2. The molecule has 9 heteroatoms. The second kappa shape index (κ2) is 7.94. The first-order valence-electron chi connectivity index (χ1n) is 7.79. The molecule has 1 aromatic rings. The van der Waals surface area contributed by atoms with Crippen LogP contribution >= 0.6 is 0 Å². The Balaban J connectivity index is 2.22. The number of amides is 1. The van der Waals surface area contributed by atoms with Gasteiger partial charge in [-0.15, -0.1) is 0 Å². The van der Waals surface area contributed by atoms with Gasteiger partial charge >= 0.3 is 5.97 Å². The Kier molecular flexibility index (Phi) is 6.15. The highest BCUT2D eigenvalue weighted by Gasteiger charge is 2.27. The van der Waals surface area contributed by atoms with Gasteiger partial charge in [-0.2, -0.15) is 4.31 Å². The molecule has 0 saturated carbocycles.